The minimum atomic E-state index is -1.18. The standard InChI is InChI=1S/C20H19BrN2O5/c1-11(2)18-15(19(26)12(3)20(27)22-10-17(24)25)8-9-16(23-18)28-14-6-4-13(21)5-7-14/h4-9,26H,1,10H2,2-3H3,(H,22,27)(H,24,25)/b19-12-. The van der Waals surface area contributed by atoms with Gasteiger partial charge < -0.3 is 20.3 Å². The smallest absolute Gasteiger partial charge is 0.322 e. The third kappa shape index (κ3) is 5.43. The highest BCUT2D eigenvalue weighted by Gasteiger charge is 2.17. The number of amides is 1. The van der Waals surface area contributed by atoms with E-state index in [0.717, 1.165) is 4.47 Å². The van der Waals surface area contributed by atoms with Crippen LogP contribution in [0.5, 0.6) is 11.6 Å². The van der Waals surface area contributed by atoms with Crippen LogP contribution in [0.1, 0.15) is 25.1 Å². The molecule has 2 aromatic rings. The van der Waals surface area contributed by atoms with Crippen molar-refractivity contribution in [3.8, 4) is 11.6 Å². The second-order valence-corrected chi connectivity index (χ2v) is 6.85. The zero-order valence-electron chi connectivity index (χ0n) is 15.3. The van der Waals surface area contributed by atoms with E-state index in [1.54, 1.807) is 31.2 Å². The average molecular weight is 447 g/mol. The number of halogens is 1. The average Bonchev–Trinajstić information content (AvgIpc) is 2.66. The van der Waals surface area contributed by atoms with Crippen molar-refractivity contribution in [1.29, 1.82) is 0 Å². The maximum Gasteiger partial charge on any atom is 0.322 e. The summed E-state index contributed by atoms with van der Waals surface area (Å²) in [5.74, 6) is -1.31. The van der Waals surface area contributed by atoms with Gasteiger partial charge in [-0.1, -0.05) is 22.5 Å². The number of aliphatic hydroxyl groups is 1. The second kappa shape index (κ2) is 9.18. The van der Waals surface area contributed by atoms with Crippen LogP contribution in [0.3, 0.4) is 0 Å². The predicted molar refractivity (Wildman–Crippen MR) is 109 cm³/mol. The van der Waals surface area contributed by atoms with Crippen LogP contribution in [0.2, 0.25) is 0 Å². The van der Waals surface area contributed by atoms with Crippen LogP contribution >= 0.6 is 15.9 Å². The van der Waals surface area contributed by atoms with Crippen molar-refractivity contribution in [1.82, 2.24) is 10.3 Å². The Hall–Kier alpha value is -3.13. The van der Waals surface area contributed by atoms with Gasteiger partial charge in [-0.15, -0.1) is 0 Å². The van der Waals surface area contributed by atoms with Crippen molar-refractivity contribution in [2.24, 2.45) is 0 Å². The Bertz CT molecular complexity index is 952. The number of pyridine rings is 1. The van der Waals surface area contributed by atoms with Gasteiger partial charge in [-0.05, 0) is 49.8 Å². The minimum Gasteiger partial charge on any atom is -0.507 e. The number of carbonyl (C=O) groups excluding carboxylic acids is 1. The maximum absolute atomic E-state index is 12.0. The number of carboxylic acids is 1. The highest BCUT2D eigenvalue weighted by atomic mass is 79.9. The van der Waals surface area contributed by atoms with Gasteiger partial charge in [0.05, 0.1) is 11.3 Å². The molecule has 0 atom stereocenters. The van der Waals surface area contributed by atoms with Crippen LogP contribution in [0.15, 0.2) is 53.0 Å². The number of nitrogens with one attached hydrogen (secondary N) is 1. The minimum absolute atomic E-state index is 0.0351. The van der Waals surface area contributed by atoms with Crippen molar-refractivity contribution in [3.05, 3.63) is 64.3 Å². The van der Waals surface area contributed by atoms with Gasteiger partial charge in [-0.2, -0.15) is 0 Å². The monoisotopic (exact) mass is 446 g/mol. The number of carbonyl (C=O) groups is 2. The number of ether oxygens (including phenoxy) is 1. The first kappa shape index (κ1) is 21.2. The summed E-state index contributed by atoms with van der Waals surface area (Å²) in [6.45, 7) is 6.41. The first-order valence-electron chi connectivity index (χ1n) is 8.19. The zero-order valence-corrected chi connectivity index (χ0v) is 16.9. The molecule has 0 aliphatic rings. The molecule has 3 N–H and O–H groups in total. The van der Waals surface area contributed by atoms with E-state index in [4.69, 9.17) is 9.84 Å². The van der Waals surface area contributed by atoms with E-state index in [-0.39, 0.29) is 11.3 Å². The SMILES string of the molecule is C=C(C)c1nc(Oc2ccc(Br)cc2)ccc1/C(O)=C(\C)C(=O)NCC(=O)O. The molecule has 146 valence electrons. The summed E-state index contributed by atoms with van der Waals surface area (Å²) in [4.78, 5) is 27.0. The summed E-state index contributed by atoms with van der Waals surface area (Å²) in [5.41, 5.74) is 1.17. The van der Waals surface area contributed by atoms with Gasteiger partial charge in [0.25, 0.3) is 5.91 Å². The van der Waals surface area contributed by atoms with Crippen LogP contribution in [-0.4, -0.2) is 33.6 Å². The maximum atomic E-state index is 12.0. The third-order valence-electron chi connectivity index (χ3n) is 3.66. The molecule has 0 aliphatic carbocycles. The van der Waals surface area contributed by atoms with Gasteiger partial charge >= 0.3 is 5.97 Å². The number of nitrogens with zero attached hydrogens (tertiary/aromatic N) is 1. The number of hydrogen-bond acceptors (Lipinski definition) is 5. The van der Waals surface area contributed by atoms with E-state index in [1.165, 1.54) is 6.92 Å². The van der Waals surface area contributed by atoms with Crippen LogP contribution in [0, 0.1) is 0 Å². The van der Waals surface area contributed by atoms with Crippen LogP contribution in [0.25, 0.3) is 11.3 Å². The molecule has 0 aliphatic heterocycles. The second-order valence-electron chi connectivity index (χ2n) is 5.93. The molecule has 2 rings (SSSR count). The Balaban J connectivity index is 2.34. The van der Waals surface area contributed by atoms with E-state index in [2.05, 4.69) is 32.8 Å². The van der Waals surface area contributed by atoms with Crippen LogP contribution in [-0.2, 0) is 9.59 Å². The summed E-state index contributed by atoms with van der Waals surface area (Å²) in [6.07, 6.45) is 0. The fourth-order valence-corrected chi connectivity index (χ4v) is 2.50. The van der Waals surface area contributed by atoms with Crippen molar-refractivity contribution in [3.63, 3.8) is 0 Å². The predicted octanol–water partition coefficient (Wildman–Crippen LogP) is 4.16. The van der Waals surface area contributed by atoms with Gasteiger partial charge in [-0.25, -0.2) is 4.98 Å². The Morgan fingerprint density at radius 3 is 2.36 bits per heavy atom. The number of rotatable bonds is 7. The Kier molecular flexibility index (Phi) is 6.94. The van der Waals surface area contributed by atoms with E-state index in [0.29, 0.717) is 28.5 Å². The molecule has 1 heterocycles. The van der Waals surface area contributed by atoms with Crippen molar-refractivity contribution in [2.45, 2.75) is 13.8 Å². The molecule has 28 heavy (non-hydrogen) atoms. The molecule has 1 aromatic heterocycles. The van der Waals surface area contributed by atoms with Gasteiger partial charge in [0, 0.05) is 16.1 Å². The molecule has 0 spiro atoms. The van der Waals surface area contributed by atoms with Gasteiger partial charge in [-0.3, -0.25) is 9.59 Å². The molecule has 0 unspecified atom stereocenters. The normalized spacial score (nSPS) is 11.4. The number of aliphatic hydroxyl groups excluding tert-OH is 1. The number of benzene rings is 1. The molecule has 0 fully saturated rings. The largest absolute Gasteiger partial charge is 0.507 e. The number of allylic oxidation sites excluding steroid dienone is 1. The lowest BCUT2D eigenvalue weighted by molar-refractivity contribution is -0.137. The first-order chi connectivity index (χ1) is 13.2. The quantitative estimate of drug-likeness (QED) is 0.435. The lowest BCUT2D eigenvalue weighted by Crippen LogP contribution is -2.30. The highest BCUT2D eigenvalue weighted by molar-refractivity contribution is 9.10. The van der Waals surface area contributed by atoms with Gasteiger partial charge in [0.2, 0.25) is 5.88 Å². The van der Waals surface area contributed by atoms with Crippen LogP contribution < -0.4 is 10.1 Å². The zero-order chi connectivity index (χ0) is 20.8. The van der Waals surface area contributed by atoms with Crippen LogP contribution in [0.4, 0.5) is 0 Å². The van der Waals surface area contributed by atoms with E-state index >= 15 is 0 Å². The van der Waals surface area contributed by atoms with E-state index in [9.17, 15) is 14.7 Å². The summed E-state index contributed by atoms with van der Waals surface area (Å²) < 4.78 is 6.63. The molecular weight excluding hydrogens is 428 g/mol. The van der Waals surface area contributed by atoms with Crippen molar-refractivity contribution >= 4 is 39.1 Å². The van der Waals surface area contributed by atoms with Crippen molar-refractivity contribution < 1.29 is 24.5 Å². The molecule has 1 aromatic carbocycles. The third-order valence-corrected chi connectivity index (χ3v) is 4.19. The van der Waals surface area contributed by atoms with Crippen molar-refractivity contribution in [2.75, 3.05) is 6.54 Å². The van der Waals surface area contributed by atoms with E-state index < -0.39 is 18.4 Å². The highest BCUT2D eigenvalue weighted by Crippen LogP contribution is 2.28. The molecule has 0 radical (unpaired) electrons. The van der Waals surface area contributed by atoms with E-state index in [1.807, 2.05) is 12.1 Å². The number of carboxylic acid groups (broad SMARTS) is 1. The first-order valence-corrected chi connectivity index (χ1v) is 8.99. The summed E-state index contributed by atoms with van der Waals surface area (Å²) in [5, 5.41) is 21.4. The molecule has 0 saturated heterocycles. The Morgan fingerprint density at radius 2 is 1.79 bits per heavy atom. The molecular formula is C20H19BrN2O5. The summed E-state index contributed by atoms with van der Waals surface area (Å²) in [7, 11) is 0. The lowest BCUT2D eigenvalue weighted by atomic mass is 10.0. The number of aliphatic carboxylic acids is 1. The fourth-order valence-electron chi connectivity index (χ4n) is 2.24. The molecule has 0 bridgehead atoms. The molecule has 8 heteroatoms. The molecule has 0 saturated carbocycles. The Labute approximate surface area is 170 Å². The summed E-state index contributed by atoms with van der Waals surface area (Å²) in [6, 6.07) is 10.3. The molecule has 1 amide bonds. The number of hydrogen-bond donors (Lipinski definition) is 3. The van der Waals surface area contributed by atoms with Gasteiger partial charge in [0.15, 0.2) is 0 Å². The summed E-state index contributed by atoms with van der Waals surface area (Å²) >= 11 is 3.35. The molecule has 7 nitrogen and oxygen atoms in total. The number of aromatic nitrogens is 1. The Morgan fingerprint density at radius 1 is 1.14 bits per heavy atom. The van der Waals surface area contributed by atoms with Gasteiger partial charge in [0.1, 0.15) is 18.1 Å². The topological polar surface area (TPSA) is 109 Å². The fraction of sp³-hybridized carbons (Fsp3) is 0.150. The lowest BCUT2D eigenvalue weighted by Gasteiger charge is -2.13.